The summed E-state index contributed by atoms with van der Waals surface area (Å²) in [5.41, 5.74) is 0. The highest BCUT2D eigenvalue weighted by Crippen LogP contribution is 2.41. The average Bonchev–Trinajstić information content (AvgIpc) is 2.75. The van der Waals surface area contributed by atoms with E-state index in [9.17, 15) is 0 Å². The molecule has 2 nitrogen and oxygen atoms in total. The summed E-state index contributed by atoms with van der Waals surface area (Å²) >= 11 is 9.57. The van der Waals surface area contributed by atoms with E-state index in [1.54, 1.807) is 11.3 Å². The molecule has 0 N–H and O–H groups in total. The fourth-order valence-corrected chi connectivity index (χ4v) is 3.77. The van der Waals surface area contributed by atoms with Crippen LogP contribution < -0.4 is 0 Å². The molecule has 1 fully saturated rings. The largest absolute Gasteiger partial charge is 0.151 e. The van der Waals surface area contributed by atoms with Crippen LogP contribution in [0.2, 0.25) is 0 Å². The first-order valence-corrected chi connectivity index (χ1v) is 6.66. The molecular formula is C8H11ClN2S2. The van der Waals surface area contributed by atoms with Crippen molar-refractivity contribution in [3.8, 4) is 0 Å². The predicted molar refractivity (Wildman–Crippen MR) is 58.6 cm³/mol. The summed E-state index contributed by atoms with van der Waals surface area (Å²) in [6.45, 7) is 1.94. The number of nitrogens with zero attached hydrogens (tertiary/aromatic N) is 2. The second-order valence-electron chi connectivity index (χ2n) is 3.10. The molecule has 2 heterocycles. The number of alkyl halides is 1. The van der Waals surface area contributed by atoms with E-state index in [1.165, 1.54) is 18.6 Å². The van der Waals surface area contributed by atoms with Crippen LogP contribution in [0.25, 0.3) is 0 Å². The van der Waals surface area contributed by atoms with E-state index in [-0.39, 0.29) is 5.38 Å². The Balaban J connectivity index is 2.12. The Morgan fingerprint density at radius 3 is 2.92 bits per heavy atom. The van der Waals surface area contributed by atoms with Crippen LogP contribution in [0, 0.1) is 0 Å². The molecule has 0 aliphatic carbocycles. The fourth-order valence-electron chi connectivity index (χ4n) is 1.31. The minimum Gasteiger partial charge on any atom is -0.151 e. The Hall–Kier alpha value is 0.200. The summed E-state index contributed by atoms with van der Waals surface area (Å²) in [5.74, 6) is 1.26. The number of halogens is 1. The molecule has 1 saturated heterocycles. The van der Waals surface area contributed by atoms with E-state index in [0.717, 1.165) is 10.0 Å². The van der Waals surface area contributed by atoms with Gasteiger partial charge in [-0.05, 0) is 25.5 Å². The average molecular weight is 235 g/mol. The maximum Gasteiger partial charge on any atom is 0.135 e. The second-order valence-corrected chi connectivity index (χ2v) is 6.10. The van der Waals surface area contributed by atoms with Gasteiger partial charge < -0.3 is 0 Å². The Labute approximate surface area is 91.1 Å². The van der Waals surface area contributed by atoms with Crippen molar-refractivity contribution < 1.29 is 0 Å². The molecule has 1 aromatic heterocycles. The number of rotatable bonds is 2. The molecule has 2 rings (SSSR count). The zero-order valence-corrected chi connectivity index (χ0v) is 9.75. The molecule has 0 bridgehead atoms. The predicted octanol–water partition coefficient (Wildman–Crippen LogP) is 3.41. The lowest BCUT2D eigenvalue weighted by molar-refractivity contribution is 0.804. The van der Waals surface area contributed by atoms with Gasteiger partial charge in [-0.15, -0.1) is 21.8 Å². The molecule has 1 aromatic rings. The van der Waals surface area contributed by atoms with Crippen LogP contribution in [-0.4, -0.2) is 16.0 Å². The van der Waals surface area contributed by atoms with Gasteiger partial charge in [0.2, 0.25) is 0 Å². The molecule has 13 heavy (non-hydrogen) atoms. The van der Waals surface area contributed by atoms with E-state index in [4.69, 9.17) is 11.6 Å². The van der Waals surface area contributed by atoms with Crippen LogP contribution in [0.15, 0.2) is 0 Å². The van der Waals surface area contributed by atoms with Crippen molar-refractivity contribution in [1.82, 2.24) is 10.2 Å². The first-order chi connectivity index (χ1) is 6.27. The molecule has 0 spiro atoms. The van der Waals surface area contributed by atoms with Crippen molar-refractivity contribution in [2.24, 2.45) is 0 Å². The summed E-state index contributed by atoms with van der Waals surface area (Å²) in [7, 11) is 0. The van der Waals surface area contributed by atoms with Crippen molar-refractivity contribution in [2.75, 3.05) is 5.75 Å². The van der Waals surface area contributed by atoms with Gasteiger partial charge in [-0.1, -0.05) is 11.3 Å². The normalized spacial score (nSPS) is 24.9. The minimum atomic E-state index is -0.00217. The second kappa shape index (κ2) is 4.15. The van der Waals surface area contributed by atoms with Gasteiger partial charge in [0, 0.05) is 0 Å². The SMILES string of the molecule is CC(Cl)c1nnc(C2CCCS2)s1. The Kier molecular flexibility index (Phi) is 3.11. The third-order valence-electron chi connectivity index (χ3n) is 2.00. The van der Waals surface area contributed by atoms with Gasteiger partial charge in [0.15, 0.2) is 0 Å². The molecule has 72 valence electrons. The summed E-state index contributed by atoms with van der Waals surface area (Å²) in [6, 6.07) is 0. The van der Waals surface area contributed by atoms with Crippen LogP contribution in [0.3, 0.4) is 0 Å². The van der Waals surface area contributed by atoms with Crippen molar-refractivity contribution in [1.29, 1.82) is 0 Å². The van der Waals surface area contributed by atoms with Gasteiger partial charge in [-0.25, -0.2) is 0 Å². The van der Waals surface area contributed by atoms with E-state index in [0.29, 0.717) is 5.25 Å². The van der Waals surface area contributed by atoms with E-state index < -0.39 is 0 Å². The lowest BCUT2D eigenvalue weighted by Gasteiger charge is -2.00. The Morgan fingerprint density at radius 1 is 1.54 bits per heavy atom. The van der Waals surface area contributed by atoms with Gasteiger partial charge in [-0.2, -0.15) is 11.8 Å². The van der Waals surface area contributed by atoms with Gasteiger partial charge in [0.25, 0.3) is 0 Å². The first-order valence-electron chi connectivity index (χ1n) is 4.36. The number of hydrogen-bond donors (Lipinski definition) is 0. The van der Waals surface area contributed by atoms with Crippen LogP contribution >= 0.6 is 34.7 Å². The van der Waals surface area contributed by atoms with Crippen molar-refractivity contribution in [2.45, 2.75) is 30.4 Å². The summed E-state index contributed by atoms with van der Waals surface area (Å²) < 4.78 is 0. The zero-order valence-electron chi connectivity index (χ0n) is 7.36. The monoisotopic (exact) mass is 234 g/mol. The maximum absolute atomic E-state index is 5.92. The Bertz CT molecular complexity index is 281. The van der Waals surface area contributed by atoms with Gasteiger partial charge in [0.1, 0.15) is 10.0 Å². The number of hydrogen-bond acceptors (Lipinski definition) is 4. The highest BCUT2D eigenvalue weighted by Gasteiger charge is 2.22. The molecule has 0 amide bonds. The standard InChI is InChI=1S/C8H11ClN2S2/c1-5(9)7-10-11-8(13-7)6-3-2-4-12-6/h5-6H,2-4H2,1H3. The Morgan fingerprint density at radius 2 is 2.38 bits per heavy atom. The van der Waals surface area contributed by atoms with Crippen LogP contribution in [0.5, 0.6) is 0 Å². The molecule has 2 unspecified atom stereocenters. The van der Waals surface area contributed by atoms with Crippen molar-refractivity contribution >= 4 is 34.7 Å². The molecular weight excluding hydrogens is 224 g/mol. The third kappa shape index (κ3) is 2.17. The highest BCUT2D eigenvalue weighted by atomic mass is 35.5. The zero-order chi connectivity index (χ0) is 9.26. The quantitative estimate of drug-likeness (QED) is 0.734. The van der Waals surface area contributed by atoms with Crippen LogP contribution in [0.1, 0.15) is 40.4 Å². The van der Waals surface area contributed by atoms with Gasteiger partial charge >= 0.3 is 0 Å². The molecule has 2 atom stereocenters. The van der Waals surface area contributed by atoms with Crippen LogP contribution in [-0.2, 0) is 0 Å². The van der Waals surface area contributed by atoms with Crippen molar-refractivity contribution in [3.63, 3.8) is 0 Å². The summed E-state index contributed by atoms with van der Waals surface area (Å²) in [6.07, 6.45) is 2.55. The van der Waals surface area contributed by atoms with Crippen molar-refractivity contribution in [3.05, 3.63) is 10.0 Å². The topological polar surface area (TPSA) is 25.8 Å². The number of aromatic nitrogens is 2. The molecule has 0 saturated carbocycles. The molecule has 0 aromatic carbocycles. The fraction of sp³-hybridized carbons (Fsp3) is 0.750. The van der Waals surface area contributed by atoms with Gasteiger partial charge in [0.05, 0.1) is 10.6 Å². The lowest BCUT2D eigenvalue weighted by Crippen LogP contribution is -1.86. The maximum atomic E-state index is 5.92. The summed E-state index contributed by atoms with van der Waals surface area (Å²) in [4.78, 5) is 0. The first kappa shape index (κ1) is 9.74. The lowest BCUT2D eigenvalue weighted by atomic mass is 10.3. The summed E-state index contributed by atoms with van der Waals surface area (Å²) in [5, 5.41) is 11.0. The molecule has 0 radical (unpaired) electrons. The van der Waals surface area contributed by atoms with E-state index in [2.05, 4.69) is 10.2 Å². The minimum absolute atomic E-state index is 0.00217. The molecule has 1 aliphatic rings. The van der Waals surface area contributed by atoms with E-state index >= 15 is 0 Å². The molecule has 5 heteroatoms. The smallest absolute Gasteiger partial charge is 0.135 e. The van der Waals surface area contributed by atoms with E-state index in [1.807, 2.05) is 18.7 Å². The molecule has 1 aliphatic heterocycles. The van der Waals surface area contributed by atoms with Crippen LogP contribution in [0.4, 0.5) is 0 Å². The number of thioether (sulfide) groups is 1. The third-order valence-corrected chi connectivity index (χ3v) is 5.09. The highest BCUT2D eigenvalue weighted by molar-refractivity contribution is 7.99. The van der Waals surface area contributed by atoms with Gasteiger partial charge in [-0.3, -0.25) is 0 Å².